The number of imidazole rings is 1. The number of nitrogens with zero attached hydrogens (tertiary/aromatic N) is 4. The summed E-state index contributed by atoms with van der Waals surface area (Å²) in [6.07, 6.45) is 3.73. The van der Waals surface area contributed by atoms with Gasteiger partial charge >= 0.3 is 0 Å². The predicted octanol–water partition coefficient (Wildman–Crippen LogP) is 2.80. The second-order valence-electron chi connectivity index (χ2n) is 6.59. The Labute approximate surface area is 154 Å². The fourth-order valence-electron chi connectivity index (χ4n) is 3.20. The van der Waals surface area contributed by atoms with Crippen LogP contribution in [-0.4, -0.2) is 50.8 Å². The highest BCUT2D eigenvalue weighted by Crippen LogP contribution is 2.17. The van der Waals surface area contributed by atoms with E-state index in [4.69, 9.17) is 0 Å². The number of unbranched alkanes of at least 4 members (excludes halogenated alkanes) is 1. The number of aromatic nitrogens is 2. The number of carbonyl (C=O) groups excluding carboxylic acids is 2. The zero-order chi connectivity index (χ0) is 18.5. The van der Waals surface area contributed by atoms with Crippen molar-refractivity contribution in [3.8, 4) is 0 Å². The molecule has 0 unspecified atom stereocenters. The maximum atomic E-state index is 12.8. The lowest BCUT2D eigenvalue weighted by molar-refractivity contribution is 0.0683. The minimum Gasteiger partial charge on any atom is -0.338 e. The first-order valence-corrected chi connectivity index (χ1v) is 9.33. The van der Waals surface area contributed by atoms with E-state index in [0.717, 1.165) is 24.9 Å². The molecule has 3 rings (SSSR count). The van der Waals surface area contributed by atoms with E-state index < -0.39 is 0 Å². The van der Waals surface area contributed by atoms with Gasteiger partial charge < -0.3 is 14.4 Å². The molecule has 0 radical (unpaired) electrons. The van der Waals surface area contributed by atoms with Gasteiger partial charge in [-0.25, -0.2) is 4.98 Å². The first-order valence-electron chi connectivity index (χ1n) is 9.33. The van der Waals surface area contributed by atoms with Gasteiger partial charge in [0.05, 0.1) is 0 Å². The Morgan fingerprint density at radius 3 is 2.65 bits per heavy atom. The van der Waals surface area contributed by atoms with Crippen molar-refractivity contribution >= 4 is 11.8 Å². The molecule has 1 aromatic heterocycles. The van der Waals surface area contributed by atoms with Crippen LogP contribution < -0.4 is 0 Å². The van der Waals surface area contributed by atoms with E-state index in [9.17, 15) is 9.59 Å². The summed E-state index contributed by atoms with van der Waals surface area (Å²) in [7, 11) is 0. The molecule has 1 aliphatic rings. The van der Waals surface area contributed by atoms with E-state index in [1.54, 1.807) is 16.0 Å². The van der Waals surface area contributed by atoms with Crippen molar-refractivity contribution in [3.63, 3.8) is 0 Å². The third-order valence-electron chi connectivity index (χ3n) is 4.75. The highest BCUT2D eigenvalue weighted by atomic mass is 16.2. The molecule has 0 spiro atoms. The van der Waals surface area contributed by atoms with Crippen molar-refractivity contribution in [1.29, 1.82) is 0 Å². The number of benzene rings is 1. The molecule has 2 amide bonds. The molecule has 0 atom stereocenters. The normalized spacial score (nSPS) is 13.6. The van der Waals surface area contributed by atoms with Crippen molar-refractivity contribution in [2.75, 3.05) is 19.6 Å². The smallest absolute Gasteiger partial charge is 0.290 e. The molecule has 1 aromatic carbocycles. The van der Waals surface area contributed by atoms with Gasteiger partial charge in [-0.3, -0.25) is 9.59 Å². The van der Waals surface area contributed by atoms with Crippen molar-refractivity contribution in [1.82, 2.24) is 19.4 Å². The first kappa shape index (κ1) is 18.2. The summed E-state index contributed by atoms with van der Waals surface area (Å²) in [6.45, 7) is 7.29. The van der Waals surface area contributed by atoms with Gasteiger partial charge in [0.2, 0.25) is 0 Å². The lowest BCUT2D eigenvalue weighted by atomic mass is 10.2. The van der Waals surface area contributed by atoms with Crippen LogP contribution in [0.3, 0.4) is 0 Å². The maximum Gasteiger partial charge on any atom is 0.290 e. The molecule has 2 aromatic rings. The number of rotatable bonds is 7. The monoisotopic (exact) mass is 354 g/mol. The van der Waals surface area contributed by atoms with Crippen LogP contribution in [0.4, 0.5) is 0 Å². The van der Waals surface area contributed by atoms with E-state index in [-0.39, 0.29) is 11.8 Å². The van der Waals surface area contributed by atoms with Crippen LogP contribution in [0, 0.1) is 0 Å². The average molecular weight is 354 g/mol. The van der Waals surface area contributed by atoms with Crippen LogP contribution in [0.2, 0.25) is 0 Å². The van der Waals surface area contributed by atoms with Crippen LogP contribution >= 0.6 is 0 Å². The minimum atomic E-state index is -0.115. The molecule has 0 saturated heterocycles. The van der Waals surface area contributed by atoms with Gasteiger partial charge in [0.25, 0.3) is 11.8 Å². The first-order chi connectivity index (χ1) is 12.6. The molecular formula is C20H26N4O2. The molecule has 0 aliphatic carbocycles. The van der Waals surface area contributed by atoms with Crippen LogP contribution in [0.15, 0.2) is 36.5 Å². The van der Waals surface area contributed by atoms with E-state index in [1.165, 1.54) is 0 Å². The molecule has 6 heteroatoms. The predicted molar refractivity (Wildman–Crippen MR) is 99.9 cm³/mol. The largest absolute Gasteiger partial charge is 0.338 e. The maximum absolute atomic E-state index is 12.8. The summed E-state index contributed by atoms with van der Waals surface area (Å²) >= 11 is 0. The second-order valence-corrected chi connectivity index (χ2v) is 6.59. The number of fused-ring (bicyclic) bond motifs is 1. The Morgan fingerprint density at radius 1 is 1.19 bits per heavy atom. The average Bonchev–Trinajstić information content (AvgIpc) is 3.10. The number of hydrogen-bond acceptors (Lipinski definition) is 3. The summed E-state index contributed by atoms with van der Waals surface area (Å²) in [5, 5.41) is 0. The number of hydrogen-bond donors (Lipinski definition) is 0. The highest BCUT2D eigenvalue weighted by Gasteiger charge is 2.29. The summed E-state index contributed by atoms with van der Waals surface area (Å²) < 4.78 is 1.81. The minimum absolute atomic E-state index is 0.0924. The molecule has 1 aliphatic heterocycles. The fraction of sp³-hybridized carbons (Fsp3) is 0.450. The van der Waals surface area contributed by atoms with E-state index in [1.807, 2.05) is 41.8 Å². The Balaban J connectivity index is 1.75. The van der Waals surface area contributed by atoms with Crippen molar-refractivity contribution in [3.05, 3.63) is 53.6 Å². The number of amides is 2. The molecule has 0 fully saturated rings. The van der Waals surface area contributed by atoms with Crippen molar-refractivity contribution in [2.24, 2.45) is 0 Å². The van der Waals surface area contributed by atoms with Gasteiger partial charge in [-0.1, -0.05) is 43.7 Å². The van der Waals surface area contributed by atoms with Gasteiger partial charge in [-0.15, -0.1) is 0 Å². The number of carbonyl (C=O) groups is 2. The summed E-state index contributed by atoms with van der Waals surface area (Å²) in [4.78, 5) is 33.5. The lowest BCUT2D eigenvalue weighted by Gasteiger charge is -2.27. The fourth-order valence-corrected chi connectivity index (χ4v) is 3.20. The standard InChI is InChI=1S/C20H26N4O2/c1-3-5-11-22(4-2)19(25)17-15-23-12-13-24(20(26)18(23)21-17)14-16-9-7-6-8-10-16/h6-10,15H,3-5,11-14H2,1-2H3. The molecule has 2 heterocycles. The summed E-state index contributed by atoms with van der Waals surface area (Å²) in [6, 6.07) is 9.92. The topological polar surface area (TPSA) is 58.4 Å². The highest BCUT2D eigenvalue weighted by molar-refractivity contribution is 5.96. The van der Waals surface area contributed by atoms with Gasteiger partial charge in [-0.05, 0) is 18.9 Å². The third kappa shape index (κ3) is 3.79. The quantitative estimate of drug-likeness (QED) is 0.768. The van der Waals surface area contributed by atoms with Gasteiger partial charge in [0.1, 0.15) is 5.69 Å². The molecular weight excluding hydrogens is 328 g/mol. The molecule has 6 nitrogen and oxygen atoms in total. The molecule has 138 valence electrons. The molecule has 0 saturated carbocycles. The Morgan fingerprint density at radius 2 is 1.96 bits per heavy atom. The van der Waals surface area contributed by atoms with Crippen molar-refractivity contribution < 1.29 is 9.59 Å². The molecule has 0 N–H and O–H groups in total. The zero-order valence-electron chi connectivity index (χ0n) is 15.5. The van der Waals surface area contributed by atoms with Gasteiger partial charge in [0, 0.05) is 38.9 Å². The Kier molecular flexibility index (Phi) is 5.71. The van der Waals surface area contributed by atoms with Gasteiger partial charge in [-0.2, -0.15) is 0 Å². The zero-order valence-corrected chi connectivity index (χ0v) is 15.5. The van der Waals surface area contributed by atoms with Gasteiger partial charge in [0.15, 0.2) is 5.82 Å². The molecule has 26 heavy (non-hydrogen) atoms. The van der Waals surface area contributed by atoms with E-state index in [2.05, 4.69) is 11.9 Å². The Hall–Kier alpha value is -2.63. The van der Waals surface area contributed by atoms with Crippen LogP contribution in [0.1, 0.15) is 53.4 Å². The van der Waals surface area contributed by atoms with Crippen LogP contribution in [0.25, 0.3) is 0 Å². The van der Waals surface area contributed by atoms with Crippen molar-refractivity contribution in [2.45, 2.75) is 39.8 Å². The van der Waals surface area contributed by atoms with E-state index >= 15 is 0 Å². The Bertz CT molecular complexity index is 769. The third-order valence-corrected chi connectivity index (χ3v) is 4.75. The summed E-state index contributed by atoms with van der Waals surface area (Å²) in [5.74, 6) is 0.156. The second kappa shape index (κ2) is 8.17. The molecule has 0 bridgehead atoms. The summed E-state index contributed by atoms with van der Waals surface area (Å²) in [5.41, 5.74) is 1.46. The lowest BCUT2D eigenvalue weighted by Crippen LogP contribution is -2.39. The van der Waals surface area contributed by atoms with E-state index in [0.29, 0.717) is 37.7 Å². The van der Waals surface area contributed by atoms with Crippen LogP contribution in [-0.2, 0) is 13.1 Å². The SMILES string of the molecule is CCCCN(CC)C(=O)c1cn2c(n1)C(=O)N(Cc1ccccc1)CC2. The van der Waals surface area contributed by atoms with Crippen LogP contribution in [0.5, 0.6) is 0 Å².